The van der Waals surface area contributed by atoms with Crippen molar-refractivity contribution >= 4 is 28.9 Å². The first-order chi connectivity index (χ1) is 7.91. The zero-order valence-corrected chi connectivity index (χ0v) is 10.6. The van der Waals surface area contributed by atoms with Crippen LogP contribution in [-0.4, -0.2) is 34.2 Å². The first-order valence-electron chi connectivity index (χ1n) is 5.06. The van der Waals surface area contributed by atoms with Crippen molar-refractivity contribution in [3.05, 3.63) is 17.8 Å². The van der Waals surface area contributed by atoms with Crippen LogP contribution in [-0.2, 0) is 0 Å². The minimum absolute atomic E-state index is 0.112. The highest BCUT2D eigenvalue weighted by molar-refractivity contribution is 7.80. The third kappa shape index (κ3) is 3.63. The molecule has 0 aliphatic rings. The highest BCUT2D eigenvalue weighted by Crippen LogP contribution is 2.12. The van der Waals surface area contributed by atoms with E-state index in [2.05, 4.69) is 10.2 Å². The predicted octanol–water partition coefficient (Wildman–Crippen LogP) is 0.0764. The lowest BCUT2D eigenvalue weighted by atomic mass is 10.2. The lowest BCUT2D eigenvalue weighted by molar-refractivity contribution is 0.0994. The second-order valence-corrected chi connectivity index (χ2v) is 4.30. The van der Waals surface area contributed by atoms with Crippen LogP contribution in [0.15, 0.2) is 12.1 Å². The van der Waals surface area contributed by atoms with Crippen molar-refractivity contribution in [2.75, 3.05) is 11.9 Å². The summed E-state index contributed by atoms with van der Waals surface area (Å²) >= 11 is 4.85. The third-order valence-electron chi connectivity index (χ3n) is 2.42. The second-order valence-electron chi connectivity index (χ2n) is 3.77. The largest absolute Gasteiger partial charge is 0.393 e. The molecular formula is C10H15N5OS. The van der Waals surface area contributed by atoms with Crippen LogP contribution in [0.1, 0.15) is 23.8 Å². The van der Waals surface area contributed by atoms with E-state index in [1.54, 1.807) is 6.07 Å². The van der Waals surface area contributed by atoms with Crippen LogP contribution in [0.4, 0.5) is 5.82 Å². The van der Waals surface area contributed by atoms with E-state index in [1.165, 1.54) is 6.07 Å². The highest BCUT2D eigenvalue weighted by Gasteiger charge is 2.13. The first kappa shape index (κ1) is 13.3. The molecule has 0 fully saturated rings. The molecule has 0 radical (unpaired) electrons. The van der Waals surface area contributed by atoms with Crippen molar-refractivity contribution in [3.63, 3.8) is 0 Å². The van der Waals surface area contributed by atoms with E-state index in [9.17, 15) is 4.79 Å². The number of anilines is 1. The number of rotatable bonds is 5. The summed E-state index contributed by atoms with van der Waals surface area (Å²) in [5, 5.41) is 7.65. The Kier molecular flexibility index (Phi) is 4.33. The molecule has 1 amide bonds. The number of aromatic nitrogens is 2. The average molecular weight is 253 g/mol. The van der Waals surface area contributed by atoms with Gasteiger partial charge in [-0.3, -0.25) is 4.79 Å². The predicted molar refractivity (Wildman–Crippen MR) is 69.8 cm³/mol. The van der Waals surface area contributed by atoms with Crippen LogP contribution in [0.5, 0.6) is 0 Å². The normalized spacial score (nSPS) is 11.9. The summed E-state index contributed by atoms with van der Waals surface area (Å²) in [5.74, 6) is 0.0432. The molecule has 0 saturated heterocycles. The van der Waals surface area contributed by atoms with Crippen LogP contribution in [0, 0.1) is 0 Å². The quantitative estimate of drug-likeness (QED) is 0.721. The molecule has 1 heterocycles. The number of nitrogens with two attached hydrogens (primary N) is 2. The Bertz CT molecular complexity index is 419. The average Bonchev–Trinajstić information content (AvgIpc) is 2.27. The molecule has 0 bridgehead atoms. The Hall–Kier alpha value is -1.76. The number of hydrogen-bond donors (Lipinski definition) is 2. The molecule has 0 aliphatic carbocycles. The molecule has 1 unspecified atom stereocenters. The molecule has 1 rings (SSSR count). The van der Waals surface area contributed by atoms with E-state index in [0.717, 1.165) is 0 Å². The smallest absolute Gasteiger partial charge is 0.269 e. The molecule has 4 N–H and O–H groups in total. The molecule has 0 saturated carbocycles. The summed E-state index contributed by atoms with van der Waals surface area (Å²) in [5.41, 5.74) is 10.7. The van der Waals surface area contributed by atoms with Gasteiger partial charge < -0.3 is 16.4 Å². The van der Waals surface area contributed by atoms with E-state index in [4.69, 9.17) is 23.7 Å². The maximum Gasteiger partial charge on any atom is 0.269 e. The number of thiocarbonyl (C=S) groups is 1. The minimum Gasteiger partial charge on any atom is -0.393 e. The van der Waals surface area contributed by atoms with Crippen LogP contribution >= 0.6 is 12.2 Å². The maximum absolute atomic E-state index is 10.8. The van der Waals surface area contributed by atoms with Crippen LogP contribution < -0.4 is 16.4 Å². The zero-order chi connectivity index (χ0) is 13.0. The maximum atomic E-state index is 10.8. The molecule has 1 aromatic rings. The van der Waals surface area contributed by atoms with Crippen LogP contribution in [0.3, 0.4) is 0 Å². The molecule has 1 atom stereocenters. The van der Waals surface area contributed by atoms with Gasteiger partial charge in [0.05, 0.1) is 4.99 Å². The van der Waals surface area contributed by atoms with Gasteiger partial charge in [0.1, 0.15) is 0 Å². The van der Waals surface area contributed by atoms with Gasteiger partial charge in [0.15, 0.2) is 11.5 Å². The van der Waals surface area contributed by atoms with Gasteiger partial charge in [0.25, 0.3) is 5.91 Å². The molecule has 17 heavy (non-hydrogen) atoms. The summed E-state index contributed by atoms with van der Waals surface area (Å²) in [6.07, 6.45) is 0.588. The molecule has 6 nitrogen and oxygen atoms in total. The van der Waals surface area contributed by atoms with Crippen LogP contribution in [0.2, 0.25) is 0 Å². The van der Waals surface area contributed by atoms with Gasteiger partial charge in [-0.25, -0.2) is 0 Å². The van der Waals surface area contributed by atoms with Crippen molar-refractivity contribution in [3.8, 4) is 0 Å². The molecule has 0 spiro atoms. The van der Waals surface area contributed by atoms with Crippen molar-refractivity contribution in [1.29, 1.82) is 0 Å². The molecule has 1 aromatic heterocycles. The van der Waals surface area contributed by atoms with Crippen molar-refractivity contribution < 1.29 is 4.79 Å². The number of carbonyl (C=O) groups is 1. The van der Waals surface area contributed by atoms with Crippen molar-refractivity contribution in [1.82, 2.24) is 10.2 Å². The lowest BCUT2D eigenvalue weighted by Crippen LogP contribution is -2.33. The van der Waals surface area contributed by atoms with Crippen molar-refractivity contribution in [2.45, 2.75) is 19.4 Å². The standard InChI is InChI=1S/C10H15N5OS/c1-6(5-8(11)17)15(2)9-4-3-7(10(12)16)13-14-9/h3-4,6H,5H2,1-2H3,(H2,11,17)(H2,12,16). The van der Waals surface area contributed by atoms with E-state index in [0.29, 0.717) is 17.2 Å². The number of hydrogen-bond acceptors (Lipinski definition) is 5. The van der Waals surface area contributed by atoms with Crippen molar-refractivity contribution in [2.24, 2.45) is 11.5 Å². The Morgan fingerprint density at radius 1 is 1.47 bits per heavy atom. The summed E-state index contributed by atoms with van der Waals surface area (Å²) in [4.78, 5) is 13.2. The molecule has 0 aliphatic heterocycles. The fourth-order valence-corrected chi connectivity index (χ4v) is 1.54. The van der Waals surface area contributed by atoms with E-state index < -0.39 is 5.91 Å². The fourth-order valence-electron chi connectivity index (χ4n) is 1.30. The monoisotopic (exact) mass is 253 g/mol. The Morgan fingerprint density at radius 2 is 2.12 bits per heavy atom. The SMILES string of the molecule is CC(CC(N)=S)N(C)c1ccc(C(N)=O)nn1. The third-order valence-corrected chi connectivity index (χ3v) is 2.59. The van der Waals surface area contributed by atoms with Gasteiger partial charge in [-0.05, 0) is 19.1 Å². The minimum atomic E-state index is -0.595. The van der Waals surface area contributed by atoms with Gasteiger partial charge in [0, 0.05) is 19.5 Å². The number of nitrogens with zero attached hydrogens (tertiary/aromatic N) is 3. The van der Waals surface area contributed by atoms with Gasteiger partial charge in [-0.15, -0.1) is 10.2 Å². The summed E-state index contributed by atoms with van der Waals surface area (Å²) < 4.78 is 0. The van der Waals surface area contributed by atoms with E-state index >= 15 is 0 Å². The van der Waals surface area contributed by atoms with Gasteiger partial charge in [-0.1, -0.05) is 12.2 Å². The number of amides is 1. The number of primary amides is 1. The van der Waals surface area contributed by atoms with E-state index in [1.807, 2.05) is 18.9 Å². The zero-order valence-electron chi connectivity index (χ0n) is 9.75. The molecule has 92 valence electrons. The second kappa shape index (κ2) is 5.53. The fraction of sp³-hybridized carbons (Fsp3) is 0.400. The topological polar surface area (TPSA) is 98.1 Å². The Balaban J connectivity index is 2.78. The molecule has 7 heteroatoms. The molecule has 0 aromatic carbocycles. The van der Waals surface area contributed by atoms with E-state index in [-0.39, 0.29) is 11.7 Å². The first-order valence-corrected chi connectivity index (χ1v) is 5.47. The number of carbonyl (C=O) groups excluding carboxylic acids is 1. The summed E-state index contributed by atoms with van der Waals surface area (Å²) in [6, 6.07) is 3.33. The van der Waals surface area contributed by atoms with Crippen LogP contribution in [0.25, 0.3) is 0 Å². The Labute approximate surface area is 105 Å². The summed E-state index contributed by atoms with van der Waals surface area (Å²) in [6.45, 7) is 1.98. The van der Waals surface area contributed by atoms with Gasteiger partial charge >= 0.3 is 0 Å². The van der Waals surface area contributed by atoms with Gasteiger partial charge in [-0.2, -0.15) is 0 Å². The molecular weight excluding hydrogens is 238 g/mol. The van der Waals surface area contributed by atoms with Gasteiger partial charge in [0.2, 0.25) is 0 Å². The summed E-state index contributed by atoms with van der Waals surface area (Å²) in [7, 11) is 1.86. The highest BCUT2D eigenvalue weighted by atomic mass is 32.1. The Morgan fingerprint density at radius 3 is 2.53 bits per heavy atom. The lowest BCUT2D eigenvalue weighted by Gasteiger charge is -2.24.